The van der Waals surface area contributed by atoms with Crippen molar-refractivity contribution in [2.75, 3.05) is 41.4 Å². The largest absolute Gasteiger partial charge is 0.507 e. The van der Waals surface area contributed by atoms with Gasteiger partial charge in [-0.2, -0.15) is 0 Å². The van der Waals surface area contributed by atoms with Gasteiger partial charge >= 0.3 is 6.09 Å². The van der Waals surface area contributed by atoms with Crippen LogP contribution < -0.4 is 14.2 Å². The van der Waals surface area contributed by atoms with Crippen molar-refractivity contribution in [2.45, 2.75) is 51.9 Å². The number of rotatable bonds is 8. The molecule has 0 spiro atoms. The van der Waals surface area contributed by atoms with E-state index in [1.807, 2.05) is 79.7 Å². The van der Waals surface area contributed by atoms with E-state index in [1.165, 1.54) is 4.90 Å². The zero-order chi connectivity index (χ0) is 34.4. The molecule has 48 heavy (non-hydrogen) atoms. The van der Waals surface area contributed by atoms with Crippen LogP contribution in [0.5, 0.6) is 23.0 Å². The van der Waals surface area contributed by atoms with Gasteiger partial charge in [0, 0.05) is 58.6 Å². The van der Waals surface area contributed by atoms with E-state index < -0.39 is 12.0 Å². The Morgan fingerprint density at radius 2 is 1.06 bits per heavy atom. The van der Waals surface area contributed by atoms with E-state index in [4.69, 9.17) is 14.2 Å². The van der Waals surface area contributed by atoms with Crippen LogP contribution in [0.1, 0.15) is 77.1 Å². The molecule has 0 radical (unpaired) electrons. The maximum absolute atomic E-state index is 14.1. The number of hydrogen-bond donors (Lipinski definition) is 1. The lowest BCUT2D eigenvalue weighted by atomic mass is 9.84. The molecule has 8 nitrogen and oxygen atoms in total. The number of nitrogens with zero attached hydrogens (tertiary/aromatic N) is 2. The van der Waals surface area contributed by atoms with Crippen molar-refractivity contribution in [2.24, 2.45) is 0 Å². The van der Waals surface area contributed by atoms with Gasteiger partial charge in [-0.1, -0.05) is 86.6 Å². The van der Waals surface area contributed by atoms with Crippen LogP contribution in [0, 0.1) is 0 Å². The van der Waals surface area contributed by atoms with Crippen LogP contribution in [0.25, 0.3) is 0 Å². The van der Waals surface area contributed by atoms with E-state index in [2.05, 4.69) is 6.92 Å². The molecular formula is C40H46N2O6. The van der Waals surface area contributed by atoms with Gasteiger partial charge < -0.3 is 29.1 Å². The van der Waals surface area contributed by atoms with Gasteiger partial charge in [0.1, 0.15) is 23.0 Å². The number of benzene rings is 4. The highest BCUT2D eigenvalue weighted by molar-refractivity contribution is 5.89. The molecule has 5 rings (SSSR count). The fraction of sp³-hybridized carbons (Fsp3) is 0.350. The summed E-state index contributed by atoms with van der Waals surface area (Å²) in [5.41, 5.74) is 6.19. The quantitative estimate of drug-likeness (QED) is 0.215. The molecule has 0 aromatic heterocycles. The highest BCUT2D eigenvalue weighted by Crippen LogP contribution is 2.43. The SMILES string of the molecule is CCCOc1c2cccc1Cc1cccc(c1OC(=O)N(C)C)Cc1cccc(c1OCCC)[C@H](C(=O)N(C)C)c1cccc(c1O)C2. The Morgan fingerprint density at radius 1 is 0.625 bits per heavy atom. The molecule has 8 bridgehead atoms. The summed E-state index contributed by atoms with van der Waals surface area (Å²) in [5, 5.41) is 11.9. The van der Waals surface area contributed by atoms with Crippen molar-refractivity contribution in [1.29, 1.82) is 0 Å². The molecule has 0 aliphatic heterocycles. The molecule has 4 aromatic carbocycles. The summed E-state index contributed by atoms with van der Waals surface area (Å²) in [7, 11) is 6.77. The lowest BCUT2D eigenvalue weighted by Gasteiger charge is -2.27. The van der Waals surface area contributed by atoms with Gasteiger partial charge in [0.2, 0.25) is 5.91 Å². The standard InChI is InChI=1S/C40H46N2O6/c1-7-21-46-36-27-14-9-15-28(36)24-29-16-10-17-30(37(29)48-40(45)42(5)6)25-31-18-12-20-33(38(31)47-22-8-2)34(39(44)41(3)4)32-19-11-13-26(23-27)35(32)43/h9-20,34,43H,7-8,21-25H2,1-6H3/t34-/m1/s1. The van der Waals surface area contributed by atoms with Gasteiger partial charge in [-0.3, -0.25) is 4.79 Å². The third-order valence-electron chi connectivity index (χ3n) is 8.54. The molecule has 252 valence electrons. The minimum Gasteiger partial charge on any atom is -0.507 e. The average Bonchev–Trinajstić information content (AvgIpc) is 3.06. The molecule has 0 saturated heterocycles. The van der Waals surface area contributed by atoms with E-state index in [0.29, 0.717) is 60.7 Å². The molecule has 0 saturated carbocycles. The Balaban J connectivity index is 1.84. The smallest absolute Gasteiger partial charge is 0.414 e. The van der Waals surface area contributed by atoms with Crippen LogP contribution in [0.4, 0.5) is 4.79 Å². The van der Waals surface area contributed by atoms with Crippen molar-refractivity contribution >= 4 is 12.0 Å². The third-order valence-corrected chi connectivity index (χ3v) is 8.54. The fourth-order valence-corrected chi connectivity index (χ4v) is 6.18. The van der Waals surface area contributed by atoms with Crippen LogP contribution in [-0.2, 0) is 24.1 Å². The number of carbonyl (C=O) groups is 2. The molecule has 0 heterocycles. The van der Waals surface area contributed by atoms with Gasteiger partial charge in [0.05, 0.1) is 19.1 Å². The lowest BCUT2D eigenvalue weighted by Crippen LogP contribution is -2.29. The number of amides is 2. The summed E-state index contributed by atoms with van der Waals surface area (Å²) in [5.74, 6) is 0.885. The number of fused-ring (bicyclic) bond motifs is 8. The second-order valence-electron chi connectivity index (χ2n) is 12.7. The number of aromatic hydroxyl groups is 1. The molecule has 0 unspecified atom stereocenters. The van der Waals surface area contributed by atoms with Crippen LogP contribution in [0.15, 0.2) is 72.8 Å². The van der Waals surface area contributed by atoms with E-state index in [9.17, 15) is 14.7 Å². The Kier molecular flexibility index (Phi) is 10.9. The highest BCUT2D eigenvalue weighted by Gasteiger charge is 2.32. The highest BCUT2D eigenvalue weighted by atomic mass is 16.6. The predicted molar refractivity (Wildman–Crippen MR) is 188 cm³/mol. The molecule has 4 aromatic rings. The van der Waals surface area contributed by atoms with Gasteiger partial charge in [-0.05, 0) is 46.2 Å². The maximum atomic E-state index is 14.1. The van der Waals surface area contributed by atoms with Gasteiger partial charge in [-0.25, -0.2) is 4.79 Å². The van der Waals surface area contributed by atoms with Gasteiger partial charge in [-0.15, -0.1) is 0 Å². The first-order chi connectivity index (χ1) is 23.1. The van der Waals surface area contributed by atoms with E-state index in [-0.39, 0.29) is 11.7 Å². The van der Waals surface area contributed by atoms with Crippen LogP contribution in [-0.4, -0.2) is 68.3 Å². The van der Waals surface area contributed by atoms with Crippen molar-refractivity contribution in [1.82, 2.24) is 9.80 Å². The summed E-state index contributed by atoms with van der Waals surface area (Å²) in [6.45, 7) is 5.06. The van der Waals surface area contributed by atoms with Crippen molar-refractivity contribution in [3.63, 3.8) is 0 Å². The summed E-state index contributed by atoms with van der Waals surface area (Å²) in [6.07, 6.45) is 2.34. The number of para-hydroxylation sites is 4. The molecule has 0 fully saturated rings. The number of ether oxygens (including phenoxy) is 3. The van der Waals surface area contributed by atoms with E-state index in [1.54, 1.807) is 33.1 Å². The zero-order valence-electron chi connectivity index (χ0n) is 28.8. The number of phenols is 1. The second-order valence-corrected chi connectivity index (χ2v) is 12.7. The van der Waals surface area contributed by atoms with Gasteiger partial charge in [0.25, 0.3) is 0 Å². The maximum Gasteiger partial charge on any atom is 0.414 e. The number of carbonyl (C=O) groups excluding carboxylic acids is 2. The Hall–Kier alpha value is -4.98. The molecule has 2 amide bonds. The molecular weight excluding hydrogens is 604 g/mol. The van der Waals surface area contributed by atoms with Gasteiger partial charge in [0.15, 0.2) is 0 Å². The van der Waals surface area contributed by atoms with Crippen LogP contribution >= 0.6 is 0 Å². The monoisotopic (exact) mass is 650 g/mol. The number of hydrogen-bond acceptors (Lipinski definition) is 6. The minimum absolute atomic E-state index is 0.0755. The fourth-order valence-electron chi connectivity index (χ4n) is 6.18. The first-order valence-corrected chi connectivity index (χ1v) is 16.6. The molecule has 1 aliphatic rings. The topological polar surface area (TPSA) is 88.5 Å². The summed E-state index contributed by atoms with van der Waals surface area (Å²) >= 11 is 0. The van der Waals surface area contributed by atoms with E-state index in [0.717, 1.165) is 46.4 Å². The molecule has 1 atom stereocenters. The van der Waals surface area contributed by atoms with Crippen LogP contribution in [0.2, 0.25) is 0 Å². The molecule has 8 heteroatoms. The van der Waals surface area contributed by atoms with Crippen molar-refractivity contribution < 1.29 is 28.9 Å². The third kappa shape index (κ3) is 7.28. The van der Waals surface area contributed by atoms with Crippen molar-refractivity contribution in [3.8, 4) is 23.0 Å². The first kappa shape index (κ1) is 34.4. The Morgan fingerprint density at radius 3 is 1.58 bits per heavy atom. The normalized spacial score (nSPS) is 13.8. The average molecular weight is 651 g/mol. The summed E-state index contributed by atoms with van der Waals surface area (Å²) in [4.78, 5) is 30.1. The summed E-state index contributed by atoms with van der Waals surface area (Å²) in [6, 6.07) is 23.4. The summed E-state index contributed by atoms with van der Waals surface area (Å²) < 4.78 is 19.0. The first-order valence-electron chi connectivity index (χ1n) is 16.6. The zero-order valence-corrected chi connectivity index (χ0v) is 28.8. The number of phenolic OH excluding ortho intramolecular Hbond substituents is 1. The minimum atomic E-state index is -0.834. The van der Waals surface area contributed by atoms with Crippen molar-refractivity contribution in [3.05, 3.63) is 117 Å². The lowest BCUT2D eigenvalue weighted by molar-refractivity contribution is -0.129. The van der Waals surface area contributed by atoms with E-state index >= 15 is 0 Å². The molecule has 1 aliphatic carbocycles. The predicted octanol–water partition coefficient (Wildman–Crippen LogP) is 7.34. The second kappa shape index (κ2) is 15.3. The van der Waals surface area contributed by atoms with Crippen LogP contribution in [0.3, 0.4) is 0 Å². The Bertz CT molecular complexity index is 1780. The molecule has 1 N–H and O–H groups in total. The number of likely N-dealkylation sites (N-methyl/N-ethyl adjacent to an activating group) is 1. The Labute approximate surface area is 283 Å².